The lowest BCUT2D eigenvalue weighted by Crippen LogP contribution is -2.43. The van der Waals surface area contributed by atoms with Crippen LogP contribution in [0.15, 0.2) is 0 Å². The minimum atomic E-state index is -2.84. The first kappa shape index (κ1) is 16.9. The highest BCUT2D eigenvalue weighted by Crippen LogP contribution is 2.39. The SMILES string of the molecule is CCS(=O)(=O)CCCC(NN)C1CCC(C)(C)CC1. The first-order valence-corrected chi connectivity index (χ1v) is 9.28. The van der Waals surface area contributed by atoms with E-state index < -0.39 is 9.84 Å². The van der Waals surface area contributed by atoms with Gasteiger partial charge in [0.15, 0.2) is 0 Å². The van der Waals surface area contributed by atoms with Gasteiger partial charge in [0.25, 0.3) is 0 Å². The topological polar surface area (TPSA) is 72.2 Å². The molecule has 114 valence electrons. The van der Waals surface area contributed by atoms with Gasteiger partial charge in [-0.15, -0.1) is 0 Å². The molecule has 1 fully saturated rings. The Morgan fingerprint density at radius 3 is 2.37 bits per heavy atom. The van der Waals surface area contributed by atoms with Crippen molar-refractivity contribution in [2.75, 3.05) is 11.5 Å². The molecule has 19 heavy (non-hydrogen) atoms. The van der Waals surface area contributed by atoms with Gasteiger partial charge in [-0.1, -0.05) is 20.8 Å². The van der Waals surface area contributed by atoms with Crippen LogP contribution in [-0.2, 0) is 9.84 Å². The lowest BCUT2D eigenvalue weighted by atomic mass is 9.70. The number of nitrogens with two attached hydrogens (primary N) is 1. The summed E-state index contributed by atoms with van der Waals surface area (Å²) in [5.74, 6) is 6.79. The fourth-order valence-corrected chi connectivity index (χ4v) is 3.84. The zero-order valence-electron chi connectivity index (χ0n) is 12.6. The van der Waals surface area contributed by atoms with Crippen molar-refractivity contribution in [3.63, 3.8) is 0 Å². The van der Waals surface area contributed by atoms with E-state index in [4.69, 9.17) is 5.84 Å². The van der Waals surface area contributed by atoms with Crippen LogP contribution in [0, 0.1) is 11.3 Å². The fourth-order valence-electron chi connectivity index (χ4n) is 2.95. The van der Waals surface area contributed by atoms with Crippen LogP contribution < -0.4 is 11.3 Å². The lowest BCUT2D eigenvalue weighted by molar-refractivity contribution is 0.157. The van der Waals surface area contributed by atoms with E-state index in [-0.39, 0.29) is 11.8 Å². The summed E-state index contributed by atoms with van der Waals surface area (Å²) < 4.78 is 23.0. The molecule has 0 aliphatic heterocycles. The molecule has 0 amide bonds. The van der Waals surface area contributed by atoms with E-state index in [2.05, 4.69) is 19.3 Å². The highest BCUT2D eigenvalue weighted by molar-refractivity contribution is 7.91. The standard InChI is InChI=1S/C14H30N2O2S/c1-4-19(17,18)11-5-6-13(16-15)12-7-9-14(2,3)10-8-12/h12-13,16H,4-11,15H2,1-3H3. The summed E-state index contributed by atoms with van der Waals surface area (Å²) in [6.45, 7) is 6.35. The zero-order chi connectivity index (χ0) is 14.5. The van der Waals surface area contributed by atoms with Crippen LogP contribution in [0.25, 0.3) is 0 Å². The summed E-state index contributed by atoms with van der Waals surface area (Å²) in [6, 6.07) is 0.267. The number of hydrogen-bond acceptors (Lipinski definition) is 4. The molecule has 1 rings (SSSR count). The maximum absolute atomic E-state index is 11.5. The average molecular weight is 290 g/mol. The Morgan fingerprint density at radius 2 is 1.89 bits per heavy atom. The minimum Gasteiger partial charge on any atom is -0.271 e. The second kappa shape index (κ2) is 7.04. The predicted octanol–water partition coefficient (Wildman–Crippen LogP) is 2.25. The number of hydrazine groups is 1. The highest BCUT2D eigenvalue weighted by Gasteiger charge is 2.30. The number of nitrogens with one attached hydrogen (secondary N) is 1. The summed E-state index contributed by atoms with van der Waals surface area (Å²) in [7, 11) is -2.84. The zero-order valence-corrected chi connectivity index (χ0v) is 13.4. The quantitative estimate of drug-likeness (QED) is 0.557. The van der Waals surface area contributed by atoms with Crippen molar-refractivity contribution in [2.24, 2.45) is 17.2 Å². The van der Waals surface area contributed by atoms with Gasteiger partial charge in [0.2, 0.25) is 0 Å². The fraction of sp³-hybridized carbons (Fsp3) is 1.00. The molecular formula is C14H30N2O2S. The molecule has 0 bridgehead atoms. The monoisotopic (exact) mass is 290 g/mol. The van der Waals surface area contributed by atoms with Gasteiger partial charge in [-0.2, -0.15) is 0 Å². The summed E-state index contributed by atoms with van der Waals surface area (Å²) >= 11 is 0. The van der Waals surface area contributed by atoms with Crippen molar-refractivity contribution in [3.8, 4) is 0 Å². The van der Waals surface area contributed by atoms with E-state index >= 15 is 0 Å². The van der Waals surface area contributed by atoms with Crippen LogP contribution in [0.2, 0.25) is 0 Å². The van der Waals surface area contributed by atoms with E-state index in [0.29, 0.717) is 23.5 Å². The van der Waals surface area contributed by atoms with Crippen molar-refractivity contribution in [1.29, 1.82) is 0 Å². The summed E-state index contributed by atoms with van der Waals surface area (Å²) in [5, 5.41) is 0. The van der Waals surface area contributed by atoms with Gasteiger partial charge in [-0.25, -0.2) is 8.42 Å². The third-order valence-corrected chi connectivity index (χ3v) is 6.37. The molecule has 3 N–H and O–H groups in total. The Kier molecular flexibility index (Phi) is 6.27. The van der Waals surface area contributed by atoms with Crippen LogP contribution in [0.1, 0.15) is 59.3 Å². The molecule has 1 atom stereocenters. The van der Waals surface area contributed by atoms with Crippen molar-refractivity contribution < 1.29 is 8.42 Å². The third-order valence-electron chi connectivity index (χ3n) is 4.58. The molecule has 4 nitrogen and oxygen atoms in total. The predicted molar refractivity (Wildman–Crippen MR) is 80.4 cm³/mol. The number of hydrogen-bond donors (Lipinski definition) is 2. The number of rotatable bonds is 7. The van der Waals surface area contributed by atoms with Gasteiger partial charge >= 0.3 is 0 Å². The first-order chi connectivity index (χ1) is 8.79. The molecule has 1 saturated carbocycles. The molecule has 5 heteroatoms. The normalized spacial score (nSPS) is 22.3. The third kappa shape index (κ3) is 5.79. The maximum Gasteiger partial charge on any atom is 0.150 e. The van der Waals surface area contributed by atoms with Crippen LogP contribution in [-0.4, -0.2) is 26.0 Å². The van der Waals surface area contributed by atoms with E-state index in [1.54, 1.807) is 6.92 Å². The molecule has 0 heterocycles. The minimum absolute atomic E-state index is 0.241. The second-order valence-corrected chi connectivity index (χ2v) is 9.13. The second-order valence-electron chi connectivity index (χ2n) is 6.65. The van der Waals surface area contributed by atoms with Crippen LogP contribution in [0.4, 0.5) is 0 Å². The molecular weight excluding hydrogens is 260 g/mol. The Labute approximate surface area is 118 Å². The van der Waals surface area contributed by atoms with Crippen molar-refractivity contribution in [3.05, 3.63) is 0 Å². The summed E-state index contributed by atoms with van der Waals surface area (Å²) in [5.41, 5.74) is 3.37. The van der Waals surface area contributed by atoms with Crippen LogP contribution in [0.5, 0.6) is 0 Å². The molecule has 1 unspecified atom stereocenters. The lowest BCUT2D eigenvalue weighted by Gasteiger charge is -2.37. The van der Waals surface area contributed by atoms with E-state index in [9.17, 15) is 8.42 Å². The van der Waals surface area contributed by atoms with Crippen LogP contribution in [0.3, 0.4) is 0 Å². The van der Waals surface area contributed by atoms with Gasteiger partial charge in [-0.05, 0) is 49.9 Å². The largest absolute Gasteiger partial charge is 0.271 e. The smallest absolute Gasteiger partial charge is 0.150 e. The van der Waals surface area contributed by atoms with Gasteiger partial charge in [0, 0.05) is 11.8 Å². The molecule has 0 radical (unpaired) electrons. The molecule has 0 aromatic heterocycles. The molecule has 0 saturated heterocycles. The van der Waals surface area contributed by atoms with Gasteiger partial charge in [0.1, 0.15) is 9.84 Å². The van der Waals surface area contributed by atoms with Crippen molar-refractivity contribution >= 4 is 9.84 Å². The molecule has 1 aliphatic rings. The van der Waals surface area contributed by atoms with Crippen molar-refractivity contribution in [1.82, 2.24) is 5.43 Å². The van der Waals surface area contributed by atoms with E-state index in [1.807, 2.05) is 0 Å². The van der Waals surface area contributed by atoms with Crippen molar-refractivity contribution in [2.45, 2.75) is 65.3 Å². The highest BCUT2D eigenvalue weighted by atomic mass is 32.2. The first-order valence-electron chi connectivity index (χ1n) is 7.46. The average Bonchev–Trinajstić information content (AvgIpc) is 2.35. The van der Waals surface area contributed by atoms with Gasteiger partial charge in [0.05, 0.1) is 5.75 Å². The molecule has 0 aromatic rings. The Balaban J connectivity index is 2.38. The van der Waals surface area contributed by atoms with Gasteiger partial charge < -0.3 is 0 Å². The Morgan fingerprint density at radius 1 is 1.32 bits per heavy atom. The Bertz CT molecular complexity index is 356. The van der Waals surface area contributed by atoms with E-state index in [1.165, 1.54) is 25.7 Å². The number of sulfone groups is 1. The summed E-state index contributed by atoms with van der Waals surface area (Å²) in [4.78, 5) is 0. The molecule has 0 aromatic carbocycles. The Hall–Kier alpha value is -0.130. The van der Waals surface area contributed by atoms with Gasteiger partial charge in [-0.3, -0.25) is 11.3 Å². The van der Waals surface area contributed by atoms with E-state index in [0.717, 1.165) is 6.42 Å². The maximum atomic E-state index is 11.5. The summed E-state index contributed by atoms with van der Waals surface area (Å²) in [6.07, 6.45) is 6.45. The molecule has 1 aliphatic carbocycles. The van der Waals surface area contributed by atoms with Crippen LogP contribution >= 0.6 is 0 Å². The molecule has 0 spiro atoms.